The summed E-state index contributed by atoms with van der Waals surface area (Å²) in [7, 11) is -3.93. The van der Waals surface area contributed by atoms with Gasteiger partial charge in [-0.1, -0.05) is 22.9 Å². The molecule has 0 radical (unpaired) electrons. The molecule has 7 heteroatoms. The summed E-state index contributed by atoms with van der Waals surface area (Å²) in [5.74, 6) is -0.285. The Morgan fingerprint density at radius 1 is 1.33 bits per heavy atom. The van der Waals surface area contributed by atoms with Crippen LogP contribution in [0, 0.1) is 11.7 Å². The Bertz CT molecular complexity index is 613. The first kappa shape index (κ1) is 16.9. The van der Waals surface area contributed by atoms with Gasteiger partial charge in [-0.25, -0.2) is 17.5 Å². The average Bonchev–Trinajstić information content (AvgIpc) is 2.43. The molecule has 1 aromatic rings. The standard InChI is InChI=1S/C14H19BrFNO3S/c1-9-2-4-12(5-3-9)17-21(19,20)13-7-11(15)6-10(8-18)14(13)16/h6-7,9,12,17-18H,2-5,8H2,1H3. The maximum Gasteiger partial charge on any atom is 0.243 e. The van der Waals surface area contributed by atoms with Gasteiger partial charge >= 0.3 is 0 Å². The highest BCUT2D eigenvalue weighted by Gasteiger charge is 2.27. The smallest absolute Gasteiger partial charge is 0.243 e. The van der Waals surface area contributed by atoms with Crippen LogP contribution in [-0.4, -0.2) is 19.6 Å². The van der Waals surface area contributed by atoms with Gasteiger partial charge in [0.15, 0.2) is 0 Å². The third kappa shape index (κ3) is 4.03. The summed E-state index contributed by atoms with van der Waals surface area (Å²) in [6, 6.07) is 2.45. The lowest BCUT2D eigenvalue weighted by Gasteiger charge is -2.26. The molecule has 0 aromatic heterocycles. The SMILES string of the molecule is CC1CCC(NS(=O)(=O)c2cc(Br)cc(CO)c2F)CC1. The van der Waals surface area contributed by atoms with Crippen LogP contribution in [0.1, 0.15) is 38.2 Å². The van der Waals surface area contributed by atoms with Crippen LogP contribution in [0.25, 0.3) is 0 Å². The number of aliphatic hydroxyl groups is 1. The molecule has 0 amide bonds. The highest BCUT2D eigenvalue weighted by atomic mass is 79.9. The van der Waals surface area contributed by atoms with Crippen molar-refractivity contribution in [1.29, 1.82) is 0 Å². The third-order valence-electron chi connectivity index (χ3n) is 3.88. The summed E-state index contributed by atoms with van der Waals surface area (Å²) in [4.78, 5) is -0.417. The molecule has 0 spiro atoms. The second-order valence-corrected chi connectivity index (χ2v) is 8.21. The van der Waals surface area contributed by atoms with Gasteiger partial charge in [-0.2, -0.15) is 0 Å². The highest BCUT2D eigenvalue weighted by Crippen LogP contribution is 2.27. The van der Waals surface area contributed by atoms with Crippen LogP contribution in [0.15, 0.2) is 21.5 Å². The molecule has 0 atom stereocenters. The number of halogens is 2. The van der Waals surface area contributed by atoms with Crippen molar-refractivity contribution in [2.75, 3.05) is 0 Å². The Hall–Kier alpha value is -0.500. The van der Waals surface area contributed by atoms with E-state index >= 15 is 0 Å². The summed E-state index contributed by atoms with van der Waals surface area (Å²) in [5.41, 5.74) is -0.0398. The molecule has 1 fully saturated rings. The van der Waals surface area contributed by atoms with Crippen LogP contribution >= 0.6 is 15.9 Å². The molecule has 0 heterocycles. The van der Waals surface area contributed by atoms with Crippen molar-refractivity contribution < 1.29 is 17.9 Å². The van der Waals surface area contributed by atoms with Crippen LogP contribution in [0.3, 0.4) is 0 Å². The predicted octanol–water partition coefficient (Wildman–Crippen LogP) is 2.94. The van der Waals surface area contributed by atoms with Gasteiger partial charge in [-0.3, -0.25) is 0 Å². The average molecular weight is 380 g/mol. The van der Waals surface area contributed by atoms with Crippen molar-refractivity contribution in [3.05, 3.63) is 28.0 Å². The first-order chi connectivity index (χ1) is 9.83. The lowest BCUT2D eigenvalue weighted by molar-refractivity contribution is 0.274. The fourth-order valence-corrected chi connectivity index (χ4v) is 4.70. The quantitative estimate of drug-likeness (QED) is 0.844. The van der Waals surface area contributed by atoms with E-state index < -0.39 is 27.3 Å². The Morgan fingerprint density at radius 3 is 2.52 bits per heavy atom. The molecule has 118 valence electrons. The lowest BCUT2D eigenvalue weighted by atomic mass is 9.88. The topological polar surface area (TPSA) is 66.4 Å². The van der Waals surface area contributed by atoms with Gasteiger partial charge in [0.25, 0.3) is 0 Å². The zero-order valence-corrected chi connectivity index (χ0v) is 14.2. The normalized spacial score (nSPS) is 23.2. The van der Waals surface area contributed by atoms with E-state index in [1.54, 1.807) is 0 Å². The number of hydrogen-bond donors (Lipinski definition) is 2. The number of hydrogen-bond acceptors (Lipinski definition) is 3. The molecule has 1 aliphatic rings. The third-order valence-corrected chi connectivity index (χ3v) is 5.85. The van der Waals surface area contributed by atoms with E-state index in [2.05, 4.69) is 27.6 Å². The molecular weight excluding hydrogens is 361 g/mol. The van der Waals surface area contributed by atoms with E-state index in [9.17, 15) is 12.8 Å². The van der Waals surface area contributed by atoms with Gasteiger partial charge in [0.1, 0.15) is 10.7 Å². The molecule has 1 aromatic carbocycles. The van der Waals surface area contributed by atoms with Gasteiger partial charge in [-0.05, 0) is 43.7 Å². The Kier molecular flexibility index (Phi) is 5.40. The maximum absolute atomic E-state index is 14.2. The number of sulfonamides is 1. The van der Waals surface area contributed by atoms with Crippen LogP contribution in [0.5, 0.6) is 0 Å². The predicted molar refractivity (Wildman–Crippen MR) is 81.8 cm³/mol. The molecule has 21 heavy (non-hydrogen) atoms. The van der Waals surface area contributed by atoms with Crippen molar-refractivity contribution in [2.24, 2.45) is 5.92 Å². The minimum absolute atomic E-state index is 0.0398. The zero-order chi connectivity index (χ0) is 15.6. The van der Waals surface area contributed by atoms with Crippen LogP contribution in [0.4, 0.5) is 4.39 Å². The second-order valence-electron chi connectivity index (χ2n) is 5.61. The van der Waals surface area contributed by atoms with E-state index in [0.717, 1.165) is 25.7 Å². The molecule has 1 saturated carbocycles. The van der Waals surface area contributed by atoms with Crippen LogP contribution < -0.4 is 4.72 Å². The van der Waals surface area contributed by atoms with Crippen LogP contribution in [-0.2, 0) is 16.6 Å². The minimum atomic E-state index is -3.93. The Morgan fingerprint density at radius 2 is 1.95 bits per heavy atom. The molecule has 0 saturated heterocycles. The summed E-state index contributed by atoms with van der Waals surface area (Å²) in [6.07, 6.45) is 3.47. The Labute approximate surface area is 132 Å². The number of aliphatic hydroxyl groups excluding tert-OH is 1. The zero-order valence-electron chi connectivity index (χ0n) is 11.8. The summed E-state index contributed by atoms with van der Waals surface area (Å²) < 4.78 is 41.9. The first-order valence-corrected chi connectivity index (χ1v) is 9.22. The van der Waals surface area contributed by atoms with E-state index in [1.165, 1.54) is 12.1 Å². The monoisotopic (exact) mass is 379 g/mol. The van der Waals surface area contributed by atoms with Crippen molar-refractivity contribution in [3.63, 3.8) is 0 Å². The fraction of sp³-hybridized carbons (Fsp3) is 0.571. The molecule has 0 aliphatic heterocycles. The summed E-state index contributed by atoms with van der Waals surface area (Å²) in [6.45, 7) is 1.60. The number of rotatable bonds is 4. The van der Waals surface area contributed by atoms with Crippen LogP contribution in [0.2, 0.25) is 0 Å². The lowest BCUT2D eigenvalue weighted by Crippen LogP contribution is -2.37. The van der Waals surface area contributed by atoms with Gasteiger partial charge in [0, 0.05) is 16.1 Å². The van der Waals surface area contributed by atoms with E-state index in [0.29, 0.717) is 10.4 Å². The molecule has 4 nitrogen and oxygen atoms in total. The largest absolute Gasteiger partial charge is 0.392 e. The van der Waals surface area contributed by atoms with Crippen molar-refractivity contribution in [3.8, 4) is 0 Å². The first-order valence-electron chi connectivity index (χ1n) is 6.94. The molecule has 2 rings (SSSR count). The molecule has 1 aliphatic carbocycles. The molecule has 0 unspecified atom stereocenters. The van der Waals surface area contributed by atoms with Gasteiger partial charge in [-0.15, -0.1) is 0 Å². The number of nitrogens with one attached hydrogen (secondary N) is 1. The fourth-order valence-electron chi connectivity index (χ4n) is 2.59. The van der Waals surface area contributed by atoms with Crippen molar-refractivity contribution >= 4 is 26.0 Å². The molecular formula is C14H19BrFNO3S. The van der Waals surface area contributed by atoms with Gasteiger partial charge < -0.3 is 5.11 Å². The summed E-state index contributed by atoms with van der Waals surface area (Å²) in [5, 5.41) is 9.11. The number of benzene rings is 1. The highest BCUT2D eigenvalue weighted by molar-refractivity contribution is 9.10. The summed E-state index contributed by atoms with van der Waals surface area (Å²) >= 11 is 3.14. The Balaban J connectivity index is 2.25. The molecule has 0 bridgehead atoms. The van der Waals surface area contributed by atoms with Gasteiger partial charge in [0.2, 0.25) is 10.0 Å². The second kappa shape index (κ2) is 6.73. The van der Waals surface area contributed by atoms with Gasteiger partial charge in [0.05, 0.1) is 6.61 Å². The van der Waals surface area contributed by atoms with Crippen molar-refractivity contribution in [2.45, 2.75) is 50.2 Å². The van der Waals surface area contributed by atoms with E-state index in [1.807, 2.05) is 0 Å². The van der Waals surface area contributed by atoms with E-state index in [4.69, 9.17) is 5.11 Å². The van der Waals surface area contributed by atoms with E-state index in [-0.39, 0.29) is 11.6 Å². The molecule has 2 N–H and O–H groups in total. The van der Waals surface area contributed by atoms with Crippen molar-refractivity contribution in [1.82, 2.24) is 4.72 Å². The minimum Gasteiger partial charge on any atom is -0.392 e. The maximum atomic E-state index is 14.2.